The van der Waals surface area contributed by atoms with Crippen LogP contribution in [-0.4, -0.2) is 14.7 Å². The van der Waals surface area contributed by atoms with Crippen LogP contribution in [0.3, 0.4) is 0 Å². The molecule has 0 spiro atoms. The van der Waals surface area contributed by atoms with Crippen LogP contribution in [0.25, 0.3) is 0 Å². The summed E-state index contributed by atoms with van der Waals surface area (Å²) in [4.78, 5) is 0.380. The first-order chi connectivity index (χ1) is 7.66. The third kappa shape index (κ3) is 2.23. The van der Waals surface area contributed by atoms with Crippen molar-refractivity contribution in [3.63, 3.8) is 0 Å². The van der Waals surface area contributed by atoms with Gasteiger partial charge in [-0.15, -0.1) is 0 Å². The van der Waals surface area contributed by atoms with Gasteiger partial charge in [-0.25, -0.2) is 0 Å². The Morgan fingerprint density at radius 1 is 1.31 bits per heavy atom. The summed E-state index contributed by atoms with van der Waals surface area (Å²) in [6.07, 6.45) is 1.92. The average Bonchev–Trinajstić information content (AvgIpc) is 2.66. The van der Waals surface area contributed by atoms with Gasteiger partial charge < -0.3 is 15.4 Å². The summed E-state index contributed by atoms with van der Waals surface area (Å²) in [5.41, 5.74) is 7.44. The molecule has 0 radical (unpaired) electrons. The fourth-order valence-electron chi connectivity index (χ4n) is 1.63. The molecule has 0 aliphatic rings. The Morgan fingerprint density at radius 2 is 2.12 bits per heavy atom. The summed E-state index contributed by atoms with van der Waals surface area (Å²) >= 11 is 4.95. The van der Waals surface area contributed by atoms with E-state index in [4.69, 9.17) is 18.0 Å². The first-order valence-corrected chi connectivity index (χ1v) is 5.30. The summed E-state index contributed by atoms with van der Waals surface area (Å²) < 4.78 is 1.96. The van der Waals surface area contributed by atoms with Crippen molar-refractivity contribution in [2.24, 2.45) is 5.73 Å². The molecule has 1 heterocycles. The molecule has 0 fully saturated rings. The standard InChI is InChI=1S/C12H12N2OS/c13-12(16)11-5-2-6-14(11)8-9-3-1-4-10(15)7-9/h1-7,15H,8H2,(H2,13,16). The number of nitrogens with zero attached hydrogens (tertiary/aromatic N) is 1. The highest BCUT2D eigenvalue weighted by Crippen LogP contribution is 2.13. The molecule has 16 heavy (non-hydrogen) atoms. The lowest BCUT2D eigenvalue weighted by molar-refractivity contribution is 0.474. The molecule has 0 unspecified atom stereocenters. The molecule has 0 aliphatic carbocycles. The molecular formula is C12H12N2OS. The van der Waals surface area contributed by atoms with Gasteiger partial charge in [0.05, 0.1) is 5.69 Å². The summed E-state index contributed by atoms with van der Waals surface area (Å²) in [5.74, 6) is 0.265. The Kier molecular flexibility index (Phi) is 2.92. The van der Waals surface area contributed by atoms with Gasteiger partial charge in [0, 0.05) is 12.7 Å². The highest BCUT2D eigenvalue weighted by Gasteiger charge is 2.04. The molecule has 3 N–H and O–H groups in total. The van der Waals surface area contributed by atoms with Crippen molar-refractivity contribution in [3.8, 4) is 5.75 Å². The zero-order valence-electron chi connectivity index (χ0n) is 8.63. The third-order valence-corrected chi connectivity index (χ3v) is 2.55. The van der Waals surface area contributed by atoms with E-state index < -0.39 is 0 Å². The van der Waals surface area contributed by atoms with E-state index in [-0.39, 0.29) is 5.75 Å². The average molecular weight is 232 g/mol. The van der Waals surface area contributed by atoms with E-state index in [1.54, 1.807) is 12.1 Å². The molecule has 0 bridgehead atoms. The van der Waals surface area contributed by atoms with Gasteiger partial charge in [-0.2, -0.15) is 0 Å². The van der Waals surface area contributed by atoms with Gasteiger partial charge in [-0.1, -0.05) is 24.4 Å². The first kappa shape index (κ1) is 10.7. The van der Waals surface area contributed by atoms with Gasteiger partial charge >= 0.3 is 0 Å². The Bertz CT molecular complexity index is 519. The molecule has 82 valence electrons. The van der Waals surface area contributed by atoms with Crippen molar-refractivity contribution >= 4 is 17.2 Å². The van der Waals surface area contributed by atoms with E-state index in [1.165, 1.54) is 0 Å². The van der Waals surface area contributed by atoms with Gasteiger partial charge in [-0.3, -0.25) is 0 Å². The minimum absolute atomic E-state index is 0.265. The van der Waals surface area contributed by atoms with Crippen LogP contribution in [0.15, 0.2) is 42.6 Å². The minimum atomic E-state index is 0.265. The van der Waals surface area contributed by atoms with Crippen molar-refractivity contribution in [1.29, 1.82) is 0 Å². The maximum absolute atomic E-state index is 9.36. The highest BCUT2D eigenvalue weighted by atomic mass is 32.1. The first-order valence-electron chi connectivity index (χ1n) is 4.89. The minimum Gasteiger partial charge on any atom is -0.508 e. The van der Waals surface area contributed by atoms with Crippen LogP contribution < -0.4 is 5.73 Å². The number of phenols is 1. The van der Waals surface area contributed by atoms with Crippen molar-refractivity contribution in [1.82, 2.24) is 4.57 Å². The van der Waals surface area contributed by atoms with E-state index >= 15 is 0 Å². The molecular weight excluding hydrogens is 220 g/mol. The molecule has 3 nitrogen and oxygen atoms in total. The SMILES string of the molecule is NC(=S)c1cccn1Cc1cccc(O)c1. The number of hydrogen-bond donors (Lipinski definition) is 2. The van der Waals surface area contributed by atoms with Crippen LogP contribution >= 0.6 is 12.2 Å². The zero-order valence-corrected chi connectivity index (χ0v) is 9.45. The molecule has 0 atom stereocenters. The second-order valence-electron chi connectivity index (χ2n) is 3.56. The molecule has 1 aromatic carbocycles. The van der Waals surface area contributed by atoms with Crippen LogP contribution in [0.1, 0.15) is 11.3 Å². The van der Waals surface area contributed by atoms with Crippen LogP contribution in [0, 0.1) is 0 Å². The van der Waals surface area contributed by atoms with Crippen LogP contribution in [0.5, 0.6) is 5.75 Å². The lowest BCUT2D eigenvalue weighted by Gasteiger charge is -2.08. The van der Waals surface area contributed by atoms with E-state index in [2.05, 4.69) is 0 Å². The largest absolute Gasteiger partial charge is 0.508 e. The summed E-state index contributed by atoms with van der Waals surface area (Å²) in [6, 6.07) is 10.9. The molecule has 0 saturated heterocycles. The van der Waals surface area contributed by atoms with E-state index in [0.717, 1.165) is 11.3 Å². The van der Waals surface area contributed by atoms with Crippen LogP contribution in [0.2, 0.25) is 0 Å². The number of nitrogens with two attached hydrogens (primary N) is 1. The highest BCUT2D eigenvalue weighted by molar-refractivity contribution is 7.80. The van der Waals surface area contributed by atoms with Crippen molar-refractivity contribution in [2.45, 2.75) is 6.54 Å². The number of hydrogen-bond acceptors (Lipinski definition) is 2. The van der Waals surface area contributed by atoms with Crippen molar-refractivity contribution in [2.75, 3.05) is 0 Å². The number of phenolic OH excluding ortho intramolecular Hbond substituents is 1. The van der Waals surface area contributed by atoms with Crippen LogP contribution in [0.4, 0.5) is 0 Å². The lowest BCUT2D eigenvalue weighted by atomic mass is 10.2. The Morgan fingerprint density at radius 3 is 2.81 bits per heavy atom. The zero-order chi connectivity index (χ0) is 11.5. The van der Waals surface area contributed by atoms with Gasteiger partial charge in [0.15, 0.2) is 0 Å². The maximum Gasteiger partial charge on any atom is 0.120 e. The third-order valence-electron chi connectivity index (χ3n) is 2.35. The molecule has 1 aromatic heterocycles. The Balaban J connectivity index is 2.27. The van der Waals surface area contributed by atoms with E-state index in [0.29, 0.717) is 11.5 Å². The number of aromatic hydroxyl groups is 1. The smallest absolute Gasteiger partial charge is 0.120 e. The van der Waals surface area contributed by atoms with Gasteiger partial charge in [-0.05, 0) is 29.8 Å². The number of benzene rings is 1. The fraction of sp³-hybridized carbons (Fsp3) is 0.0833. The van der Waals surface area contributed by atoms with Crippen molar-refractivity contribution < 1.29 is 5.11 Å². The van der Waals surface area contributed by atoms with E-state index in [9.17, 15) is 5.11 Å². The molecule has 2 rings (SSSR count). The van der Waals surface area contributed by atoms with E-state index in [1.807, 2.05) is 35.0 Å². The number of thiocarbonyl (C=S) groups is 1. The van der Waals surface area contributed by atoms with Gasteiger partial charge in [0.2, 0.25) is 0 Å². The maximum atomic E-state index is 9.36. The van der Waals surface area contributed by atoms with Gasteiger partial charge in [0.1, 0.15) is 10.7 Å². The second-order valence-corrected chi connectivity index (χ2v) is 4.00. The summed E-state index contributed by atoms with van der Waals surface area (Å²) in [7, 11) is 0. The lowest BCUT2D eigenvalue weighted by Crippen LogP contribution is -2.15. The quantitative estimate of drug-likeness (QED) is 0.794. The Hall–Kier alpha value is -1.81. The fourth-order valence-corrected chi connectivity index (χ4v) is 1.81. The topological polar surface area (TPSA) is 51.2 Å². The van der Waals surface area contributed by atoms with Crippen molar-refractivity contribution in [3.05, 3.63) is 53.9 Å². The molecule has 0 aliphatic heterocycles. The molecule has 4 heteroatoms. The summed E-state index contributed by atoms with van der Waals surface area (Å²) in [6.45, 7) is 0.647. The van der Waals surface area contributed by atoms with Gasteiger partial charge in [0.25, 0.3) is 0 Å². The monoisotopic (exact) mass is 232 g/mol. The molecule has 0 amide bonds. The molecule has 0 saturated carbocycles. The Labute approximate surface area is 99.1 Å². The predicted molar refractivity (Wildman–Crippen MR) is 67.5 cm³/mol. The summed E-state index contributed by atoms with van der Waals surface area (Å²) in [5, 5.41) is 9.36. The van der Waals surface area contributed by atoms with Crippen LogP contribution in [-0.2, 0) is 6.54 Å². The predicted octanol–water partition coefficient (Wildman–Crippen LogP) is 1.88. The second kappa shape index (κ2) is 4.37. The molecule has 2 aromatic rings. The number of aromatic nitrogens is 1. The normalized spacial score (nSPS) is 10.2. The number of rotatable bonds is 3.